The van der Waals surface area contributed by atoms with Crippen LogP contribution in [0.1, 0.15) is 28.1 Å². The van der Waals surface area contributed by atoms with Crippen molar-refractivity contribution in [1.29, 1.82) is 5.41 Å². The number of aliphatic carboxylic acids is 1. The Balaban J connectivity index is 1.62. The highest BCUT2D eigenvalue weighted by atomic mass is 32.1. The largest absolute Gasteiger partial charge is 0.481 e. The van der Waals surface area contributed by atoms with Gasteiger partial charge in [-0.05, 0) is 23.9 Å². The first-order valence-electron chi connectivity index (χ1n) is 7.90. The number of fused-ring (bicyclic) bond motifs is 1. The van der Waals surface area contributed by atoms with Crippen LogP contribution in [0.5, 0.6) is 0 Å². The predicted octanol–water partition coefficient (Wildman–Crippen LogP) is 1.32. The third kappa shape index (κ3) is 3.83. The summed E-state index contributed by atoms with van der Waals surface area (Å²) in [5.41, 5.74) is 6.05. The SMILES string of the molecule is N=C(N)c1ccc2cc(C(=O)OCC3CC(CC(=O)O)C(=O)N3)sc2c1. The molecule has 0 spiro atoms. The van der Waals surface area contributed by atoms with E-state index in [1.807, 2.05) is 0 Å². The number of rotatable bonds is 6. The van der Waals surface area contributed by atoms with E-state index in [1.54, 1.807) is 24.3 Å². The predicted molar refractivity (Wildman–Crippen MR) is 95.4 cm³/mol. The van der Waals surface area contributed by atoms with E-state index in [0.717, 1.165) is 10.1 Å². The van der Waals surface area contributed by atoms with Crippen LogP contribution in [0.2, 0.25) is 0 Å². The summed E-state index contributed by atoms with van der Waals surface area (Å²) in [4.78, 5) is 35.1. The third-order valence-electron chi connectivity index (χ3n) is 4.16. The Bertz CT molecular complexity index is 907. The number of carbonyl (C=O) groups is 3. The second-order valence-corrected chi connectivity index (χ2v) is 7.20. The van der Waals surface area contributed by atoms with Gasteiger partial charge in [0.25, 0.3) is 0 Å². The standard InChI is InChI=1S/C17H17N3O5S/c18-15(19)9-2-1-8-4-13(26-12(8)5-9)17(24)25-7-11-3-10(6-14(21)22)16(23)20-11/h1-2,4-5,10-11H,3,6-7H2,(H3,18,19)(H,20,23)(H,21,22). The molecule has 1 fully saturated rings. The number of ether oxygens (including phenoxy) is 1. The number of nitrogen functional groups attached to an aromatic ring is 1. The van der Waals surface area contributed by atoms with Gasteiger partial charge in [-0.2, -0.15) is 0 Å². The number of nitrogens with two attached hydrogens (primary N) is 1. The van der Waals surface area contributed by atoms with Crippen LogP contribution in [-0.2, 0) is 14.3 Å². The number of carboxylic acids is 1. The van der Waals surface area contributed by atoms with Gasteiger partial charge in [-0.1, -0.05) is 12.1 Å². The van der Waals surface area contributed by atoms with Gasteiger partial charge in [0.15, 0.2) is 0 Å². The molecule has 0 radical (unpaired) electrons. The number of thiophene rings is 1. The van der Waals surface area contributed by atoms with Crippen LogP contribution in [0.25, 0.3) is 10.1 Å². The Morgan fingerprint density at radius 2 is 2.15 bits per heavy atom. The minimum Gasteiger partial charge on any atom is -0.481 e. The molecular formula is C17H17N3O5S. The molecule has 1 aromatic carbocycles. The molecule has 1 saturated heterocycles. The van der Waals surface area contributed by atoms with Crippen molar-refractivity contribution in [2.75, 3.05) is 6.61 Å². The summed E-state index contributed by atoms with van der Waals surface area (Å²) in [5, 5.41) is 19.7. The molecule has 8 nitrogen and oxygen atoms in total. The minimum atomic E-state index is -1.03. The number of benzene rings is 1. The normalized spacial score (nSPS) is 19.3. The van der Waals surface area contributed by atoms with Gasteiger partial charge < -0.3 is 20.9 Å². The number of amides is 1. The smallest absolute Gasteiger partial charge is 0.348 e. The molecule has 0 saturated carbocycles. The average molecular weight is 375 g/mol. The maximum absolute atomic E-state index is 12.2. The van der Waals surface area contributed by atoms with Crippen LogP contribution in [0.15, 0.2) is 24.3 Å². The van der Waals surface area contributed by atoms with E-state index in [1.165, 1.54) is 11.3 Å². The summed E-state index contributed by atoms with van der Waals surface area (Å²) >= 11 is 1.24. The fourth-order valence-electron chi connectivity index (χ4n) is 2.87. The van der Waals surface area contributed by atoms with Gasteiger partial charge in [-0.15, -0.1) is 11.3 Å². The zero-order valence-corrected chi connectivity index (χ0v) is 14.5. The van der Waals surface area contributed by atoms with Crippen molar-refractivity contribution in [1.82, 2.24) is 5.32 Å². The number of hydrogen-bond acceptors (Lipinski definition) is 6. The molecule has 1 amide bonds. The van der Waals surface area contributed by atoms with Gasteiger partial charge >= 0.3 is 11.9 Å². The average Bonchev–Trinajstić information content (AvgIpc) is 3.15. The van der Waals surface area contributed by atoms with Gasteiger partial charge in [-0.3, -0.25) is 15.0 Å². The molecule has 136 valence electrons. The summed E-state index contributed by atoms with van der Waals surface area (Å²) < 4.78 is 6.08. The number of amidine groups is 1. The first-order chi connectivity index (χ1) is 12.3. The van der Waals surface area contributed by atoms with E-state index < -0.39 is 17.9 Å². The molecule has 2 heterocycles. The Kier molecular flexibility index (Phi) is 4.90. The summed E-state index contributed by atoms with van der Waals surface area (Å²) in [5.74, 6) is -2.50. The van der Waals surface area contributed by atoms with Crippen molar-refractivity contribution in [2.24, 2.45) is 11.7 Å². The van der Waals surface area contributed by atoms with Gasteiger partial charge in [0.1, 0.15) is 17.3 Å². The molecule has 26 heavy (non-hydrogen) atoms. The summed E-state index contributed by atoms with van der Waals surface area (Å²) in [6.45, 7) is -0.00632. The summed E-state index contributed by atoms with van der Waals surface area (Å²) in [6.07, 6.45) is 0.0951. The van der Waals surface area contributed by atoms with Crippen molar-refractivity contribution >= 4 is 45.1 Å². The van der Waals surface area contributed by atoms with E-state index in [9.17, 15) is 14.4 Å². The minimum absolute atomic E-state index is 0.00632. The Labute approximate surface area is 152 Å². The quantitative estimate of drug-likeness (QED) is 0.341. The van der Waals surface area contributed by atoms with Gasteiger partial charge in [0, 0.05) is 10.3 Å². The van der Waals surface area contributed by atoms with E-state index >= 15 is 0 Å². The Morgan fingerprint density at radius 3 is 2.85 bits per heavy atom. The second kappa shape index (κ2) is 7.12. The molecule has 3 rings (SSSR count). The van der Waals surface area contributed by atoms with Crippen molar-refractivity contribution in [3.05, 3.63) is 34.7 Å². The number of nitrogens with one attached hydrogen (secondary N) is 2. The number of hydrogen-bond donors (Lipinski definition) is 4. The Morgan fingerprint density at radius 1 is 1.38 bits per heavy atom. The zero-order chi connectivity index (χ0) is 18.8. The molecule has 5 N–H and O–H groups in total. The lowest BCUT2D eigenvalue weighted by Gasteiger charge is -2.09. The zero-order valence-electron chi connectivity index (χ0n) is 13.7. The van der Waals surface area contributed by atoms with Gasteiger partial charge in [0.05, 0.1) is 18.4 Å². The van der Waals surface area contributed by atoms with Crippen molar-refractivity contribution < 1.29 is 24.2 Å². The van der Waals surface area contributed by atoms with Gasteiger partial charge in [0.2, 0.25) is 5.91 Å². The fourth-order valence-corrected chi connectivity index (χ4v) is 3.87. The summed E-state index contributed by atoms with van der Waals surface area (Å²) in [7, 11) is 0. The molecular weight excluding hydrogens is 358 g/mol. The highest BCUT2D eigenvalue weighted by Gasteiger charge is 2.34. The molecule has 0 bridgehead atoms. The molecule has 1 aliphatic rings. The van der Waals surface area contributed by atoms with Crippen LogP contribution in [0.3, 0.4) is 0 Å². The molecule has 1 aromatic heterocycles. The number of carboxylic acid groups (broad SMARTS) is 1. The maximum atomic E-state index is 12.2. The molecule has 2 aromatic rings. The van der Waals surface area contributed by atoms with Crippen LogP contribution < -0.4 is 11.1 Å². The van der Waals surface area contributed by atoms with E-state index in [4.69, 9.17) is 21.0 Å². The van der Waals surface area contributed by atoms with Crippen LogP contribution in [0, 0.1) is 11.3 Å². The number of carbonyl (C=O) groups excluding carboxylic acids is 2. The third-order valence-corrected chi connectivity index (χ3v) is 5.23. The van der Waals surface area contributed by atoms with Crippen molar-refractivity contribution in [3.63, 3.8) is 0 Å². The van der Waals surface area contributed by atoms with Crippen LogP contribution in [-0.4, -0.2) is 41.4 Å². The van der Waals surface area contributed by atoms with Crippen LogP contribution in [0.4, 0.5) is 0 Å². The lowest BCUT2D eigenvalue weighted by atomic mass is 10.0. The fraction of sp³-hybridized carbons (Fsp3) is 0.294. The van der Waals surface area contributed by atoms with E-state index in [2.05, 4.69) is 5.32 Å². The highest BCUT2D eigenvalue weighted by molar-refractivity contribution is 7.20. The summed E-state index contributed by atoms with van der Waals surface area (Å²) in [6, 6.07) is 6.56. The molecule has 2 atom stereocenters. The van der Waals surface area contributed by atoms with E-state index in [0.29, 0.717) is 16.9 Å². The first-order valence-corrected chi connectivity index (χ1v) is 8.72. The van der Waals surface area contributed by atoms with Gasteiger partial charge in [-0.25, -0.2) is 4.79 Å². The Hall–Kier alpha value is -2.94. The maximum Gasteiger partial charge on any atom is 0.348 e. The molecule has 1 aliphatic heterocycles. The highest BCUT2D eigenvalue weighted by Crippen LogP contribution is 2.27. The second-order valence-electron chi connectivity index (χ2n) is 6.11. The lowest BCUT2D eigenvalue weighted by Crippen LogP contribution is -2.31. The van der Waals surface area contributed by atoms with Crippen molar-refractivity contribution in [2.45, 2.75) is 18.9 Å². The van der Waals surface area contributed by atoms with E-state index in [-0.39, 0.29) is 30.8 Å². The topological polar surface area (TPSA) is 143 Å². The molecule has 2 unspecified atom stereocenters. The number of esters is 1. The molecule has 0 aliphatic carbocycles. The lowest BCUT2D eigenvalue weighted by molar-refractivity contribution is -0.140. The monoisotopic (exact) mass is 375 g/mol. The molecule has 9 heteroatoms. The van der Waals surface area contributed by atoms with Crippen LogP contribution >= 0.6 is 11.3 Å². The van der Waals surface area contributed by atoms with Crippen molar-refractivity contribution in [3.8, 4) is 0 Å². The first kappa shape index (κ1) is 17.9.